The van der Waals surface area contributed by atoms with Crippen LogP contribution in [0, 0.1) is 0 Å². The third kappa shape index (κ3) is 2.13. The first-order chi connectivity index (χ1) is 8.04. The number of aromatic nitrogens is 2. The average molecular weight is 228 g/mol. The van der Waals surface area contributed by atoms with Crippen molar-refractivity contribution in [1.29, 1.82) is 0 Å². The van der Waals surface area contributed by atoms with E-state index in [1.807, 2.05) is 35.0 Å². The van der Waals surface area contributed by atoms with Gasteiger partial charge in [0.25, 0.3) is 0 Å². The van der Waals surface area contributed by atoms with Gasteiger partial charge in [-0.05, 0) is 12.1 Å². The molecule has 0 atom stereocenters. The molecule has 0 unspecified atom stereocenters. The maximum Gasteiger partial charge on any atom is 0.153 e. The molecule has 1 aromatic heterocycles. The molecule has 1 heterocycles. The van der Waals surface area contributed by atoms with Crippen molar-refractivity contribution in [3.8, 4) is 5.69 Å². The second-order valence-electron chi connectivity index (χ2n) is 5.06. The van der Waals surface area contributed by atoms with Crippen LogP contribution < -0.4 is 0 Å². The Bertz CT molecular complexity index is 521. The van der Waals surface area contributed by atoms with E-state index in [0.717, 1.165) is 17.7 Å². The zero-order valence-corrected chi connectivity index (χ0v) is 10.3. The van der Waals surface area contributed by atoms with Crippen molar-refractivity contribution in [3.05, 3.63) is 47.8 Å². The summed E-state index contributed by atoms with van der Waals surface area (Å²) in [4.78, 5) is 11.1. The normalized spacial score (nSPS) is 11.5. The summed E-state index contributed by atoms with van der Waals surface area (Å²) in [6.07, 6.45) is 2.49. The van der Waals surface area contributed by atoms with Gasteiger partial charge in [-0.3, -0.25) is 4.79 Å². The molecule has 2 rings (SSSR count). The minimum Gasteiger partial charge on any atom is -0.298 e. The molecule has 0 fully saturated rings. The maximum absolute atomic E-state index is 11.1. The van der Waals surface area contributed by atoms with E-state index in [-0.39, 0.29) is 5.41 Å². The summed E-state index contributed by atoms with van der Waals surface area (Å²) in [5.74, 6) is 0. The largest absolute Gasteiger partial charge is 0.298 e. The molecule has 3 nitrogen and oxygen atoms in total. The van der Waals surface area contributed by atoms with E-state index in [0.29, 0.717) is 5.56 Å². The molecule has 0 saturated heterocycles. The molecule has 0 aliphatic heterocycles. The highest BCUT2D eigenvalue weighted by atomic mass is 16.1. The molecule has 0 aliphatic rings. The van der Waals surface area contributed by atoms with E-state index < -0.39 is 0 Å². The highest BCUT2D eigenvalue weighted by Crippen LogP contribution is 2.27. The number of nitrogens with zero attached hydrogens (tertiary/aromatic N) is 2. The van der Waals surface area contributed by atoms with Gasteiger partial charge in [-0.25, -0.2) is 4.68 Å². The first-order valence-electron chi connectivity index (χ1n) is 5.63. The van der Waals surface area contributed by atoms with Crippen molar-refractivity contribution < 1.29 is 4.79 Å². The first kappa shape index (κ1) is 11.6. The summed E-state index contributed by atoms with van der Waals surface area (Å²) in [6.45, 7) is 6.24. The summed E-state index contributed by atoms with van der Waals surface area (Å²) in [5, 5.41) is 4.31. The van der Waals surface area contributed by atoms with Crippen LogP contribution in [0.2, 0.25) is 0 Å². The Morgan fingerprint density at radius 1 is 1.18 bits per heavy atom. The third-order valence-corrected chi connectivity index (χ3v) is 2.64. The van der Waals surface area contributed by atoms with Gasteiger partial charge in [-0.2, -0.15) is 5.10 Å². The Morgan fingerprint density at radius 3 is 2.35 bits per heavy atom. The molecular formula is C14H16N2O. The quantitative estimate of drug-likeness (QED) is 0.741. The highest BCUT2D eigenvalue weighted by molar-refractivity contribution is 5.77. The van der Waals surface area contributed by atoms with Crippen LogP contribution in [0.4, 0.5) is 0 Å². The Balaban J connectivity index is 2.64. The van der Waals surface area contributed by atoms with Crippen molar-refractivity contribution in [2.45, 2.75) is 26.2 Å². The summed E-state index contributed by atoms with van der Waals surface area (Å²) >= 11 is 0. The summed E-state index contributed by atoms with van der Waals surface area (Å²) in [7, 11) is 0. The fraction of sp³-hybridized carbons (Fsp3) is 0.286. The van der Waals surface area contributed by atoms with Gasteiger partial charge in [0.2, 0.25) is 0 Å². The molecule has 0 aliphatic carbocycles. The molecular weight excluding hydrogens is 212 g/mol. The van der Waals surface area contributed by atoms with Gasteiger partial charge in [0, 0.05) is 5.41 Å². The van der Waals surface area contributed by atoms with Gasteiger partial charge < -0.3 is 0 Å². The number of benzene rings is 1. The predicted molar refractivity (Wildman–Crippen MR) is 67.7 cm³/mol. The van der Waals surface area contributed by atoms with E-state index in [4.69, 9.17) is 0 Å². The Hall–Kier alpha value is -1.90. The Kier molecular flexibility index (Phi) is 2.84. The van der Waals surface area contributed by atoms with E-state index in [2.05, 4.69) is 25.9 Å². The van der Waals surface area contributed by atoms with Crippen LogP contribution in [-0.4, -0.2) is 16.1 Å². The minimum absolute atomic E-state index is 0.122. The number of aldehydes is 1. The molecule has 0 amide bonds. The molecule has 0 spiro atoms. The average Bonchev–Trinajstić information content (AvgIpc) is 2.73. The van der Waals surface area contributed by atoms with Crippen molar-refractivity contribution in [2.24, 2.45) is 0 Å². The summed E-state index contributed by atoms with van der Waals surface area (Å²) in [6, 6.07) is 9.85. The number of para-hydroxylation sites is 1. The smallest absolute Gasteiger partial charge is 0.153 e. The van der Waals surface area contributed by atoms with E-state index in [9.17, 15) is 4.79 Å². The molecule has 0 bridgehead atoms. The zero-order chi connectivity index (χ0) is 12.5. The number of hydrogen-bond donors (Lipinski definition) is 0. The van der Waals surface area contributed by atoms with Gasteiger partial charge in [0.1, 0.15) is 0 Å². The molecule has 17 heavy (non-hydrogen) atoms. The molecule has 0 radical (unpaired) electrons. The van der Waals surface area contributed by atoms with Crippen molar-refractivity contribution >= 4 is 6.29 Å². The van der Waals surface area contributed by atoms with Gasteiger partial charge in [0.05, 0.1) is 23.1 Å². The Labute approximate surface area is 101 Å². The molecule has 1 aromatic carbocycles. The van der Waals surface area contributed by atoms with Gasteiger partial charge >= 0.3 is 0 Å². The number of hydrogen-bond acceptors (Lipinski definition) is 2. The summed E-state index contributed by atoms with van der Waals surface area (Å²) in [5.41, 5.74) is 2.45. The molecule has 3 heteroatoms. The van der Waals surface area contributed by atoms with Gasteiger partial charge in [-0.15, -0.1) is 0 Å². The van der Waals surface area contributed by atoms with Crippen LogP contribution in [0.5, 0.6) is 0 Å². The van der Waals surface area contributed by atoms with Crippen LogP contribution in [0.1, 0.15) is 36.8 Å². The maximum atomic E-state index is 11.1. The second-order valence-corrected chi connectivity index (χ2v) is 5.06. The van der Waals surface area contributed by atoms with E-state index in [1.54, 1.807) is 6.20 Å². The molecule has 2 aromatic rings. The van der Waals surface area contributed by atoms with Gasteiger partial charge in [0.15, 0.2) is 6.29 Å². The zero-order valence-electron chi connectivity index (χ0n) is 10.3. The third-order valence-electron chi connectivity index (χ3n) is 2.64. The van der Waals surface area contributed by atoms with Crippen molar-refractivity contribution in [2.75, 3.05) is 0 Å². The lowest BCUT2D eigenvalue weighted by Gasteiger charge is -2.21. The molecule has 0 saturated carbocycles. The van der Waals surface area contributed by atoms with E-state index in [1.165, 1.54) is 0 Å². The Morgan fingerprint density at radius 2 is 1.82 bits per heavy atom. The van der Waals surface area contributed by atoms with Crippen LogP contribution in [-0.2, 0) is 5.41 Å². The van der Waals surface area contributed by atoms with Crippen molar-refractivity contribution in [3.63, 3.8) is 0 Å². The van der Waals surface area contributed by atoms with E-state index >= 15 is 0 Å². The molecule has 88 valence electrons. The number of carbonyl (C=O) groups is 1. The number of carbonyl (C=O) groups excluding carboxylic acids is 1. The fourth-order valence-corrected chi connectivity index (χ4v) is 1.96. The first-order valence-corrected chi connectivity index (χ1v) is 5.63. The SMILES string of the molecule is CC(C)(C)c1c(C=O)cnn1-c1ccccc1. The summed E-state index contributed by atoms with van der Waals surface area (Å²) < 4.78 is 1.84. The fourth-order valence-electron chi connectivity index (χ4n) is 1.96. The highest BCUT2D eigenvalue weighted by Gasteiger charge is 2.24. The monoisotopic (exact) mass is 228 g/mol. The number of rotatable bonds is 2. The standard InChI is InChI=1S/C14H16N2O/c1-14(2,3)13-11(10-17)9-15-16(13)12-7-5-4-6-8-12/h4-10H,1-3H3. The lowest BCUT2D eigenvalue weighted by molar-refractivity contribution is 0.112. The van der Waals surface area contributed by atoms with Crippen molar-refractivity contribution in [1.82, 2.24) is 9.78 Å². The lowest BCUT2D eigenvalue weighted by Crippen LogP contribution is -2.19. The predicted octanol–water partition coefficient (Wildman–Crippen LogP) is 2.98. The van der Waals surface area contributed by atoms with Crippen LogP contribution in [0.3, 0.4) is 0 Å². The van der Waals surface area contributed by atoms with Crippen LogP contribution in [0.25, 0.3) is 5.69 Å². The van der Waals surface area contributed by atoms with Crippen LogP contribution in [0.15, 0.2) is 36.5 Å². The minimum atomic E-state index is -0.122. The molecule has 0 N–H and O–H groups in total. The lowest BCUT2D eigenvalue weighted by atomic mass is 9.89. The second kappa shape index (κ2) is 4.17. The topological polar surface area (TPSA) is 34.9 Å². The van der Waals surface area contributed by atoms with Gasteiger partial charge in [-0.1, -0.05) is 39.0 Å². The van der Waals surface area contributed by atoms with Crippen LogP contribution >= 0.6 is 0 Å².